The van der Waals surface area contributed by atoms with Crippen molar-refractivity contribution in [2.24, 2.45) is 0 Å². The van der Waals surface area contributed by atoms with E-state index in [0.29, 0.717) is 24.2 Å². The molecule has 1 aliphatic rings. The second-order valence-electron chi connectivity index (χ2n) is 4.23. The molecule has 1 aliphatic carbocycles. The smallest absolute Gasteiger partial charge is 0.234 e. The van der Waals surface area contributed by atoms with Crippen molar-refractivity contribution in [3.05, 3.63) is 28.8 Å². The SMILES string of the molecule is O=C(CNCc1ccc(O)c(Cl)c1)NC1CC1. The van der Waals surface area contributed by atoms with Crippen LogP contribution in [0, 0.1) is 0 Å². The standard InChI is InChI=1S/C12H15ClN2O2/c13-10-5-8(1-4-11(10)16)6-14-7-12(17)15-9-2-3-9/h1,4-5,9,14,16H,2-3,6-7H2,(H,15,17). The Morgan fingerprint density at radius 1 is 1.47 bits per heavy atom. The van der Waals surface area contributed by atoms with Crippen LogP contribution in [-0.2, 0) is 11.3 Å². The average molecular weight is 255 g/mol. The number of phenolic OH excluding ortho intramolecular Hbond substituents is 1. The summed E-state index contributed by atoms with van der Waals surface area (Å²) in [5.41, 5.74) is 0.937. The third-order valence-corrected chi connectivity index (χ3v) is 2.87. The van der Waals surface area contributed by atoms with Gasteiger partial charge in [0.25, 0.3) is 0 Å². The quantitative estimate of drug-likeness (QED) is 0.745. The molecule has 0 atom stereocenters. The fourth-order valence-corrected chi connectivity index (χ4v) is 1.69. The van der Waals surface area contributed by atoms with Crippen molar-refractivity contribution in [2.75, 3.05) is 6.54 Å². The van der Waals surface area contributed by atoms with E-state index in [1.165, 1.54) is 0 Å². The number of aromatic hydroxyl groups is 1. The van der Waals surface area contributed by atoms with Gasteiger partial charge in [-0.15, -0.1) is 0 Å². The van der Waals surface area contributed by atoms with Crippen molar-refractivity contribution >= 4 is 17.5 Å². The van der Waals surface area contributed by atoms with Gasteiger partial charge in [-0.25, -0.2) is 0 Å². The number of phenols is 1. The molecule has 1 aromatic carbocycles. The van der Waals surface area contributed by atoms with Gasteiger partial charge in [-0.3, -0.25) is 4.79 Å². The molecule has 92 valence electrons. The van der Waals surface area contributed by atoms with E-state index in [4.69, 9.17) is 11.6 Å². The maximum Gasteiger partial charge on any atom is 0.234 e. The Bertz CT molecular complexity index is 419. The van der Waals surface area contributed by atoms with Crippen LogP contribution in [0.3, 0.4) is 0 Å². The predicted molar refractivity (Wildman–Crippen MR) is 66.0 cm³/mol. The Morgan fingerprint density at radius 3 is 2.88 bits per heavy atom. The van der Waals surface area contributed by atoms with Gasteiger partial charge < -0.3 is 15.7 Å². The van der Waals surface area contributed by atoms with Crippen molar-refractivity contribution in [3.8, 4) is 5.75 Å². The number of hydrogen-bond acceptors (Lipinski definition) is 3. The van der Waals surface area contributed by atoms with E-state index in [0.717, 1.165) is 18.4 Å². The monoisotopic (exact) mass is 254 g/mol. The van der Waals surface area contributed by atoms with E-state index in [1.807, 2.05) is 0 Å². The Balaban J connectivity index is 1.73. The van der Waals surface area contributed by atoms with Crippen molar-refractivity contribution in [1.82, 2.24) is 10.6 Å². The van der Waals surface area contributed by atoms with Gasteiger partial charge in [0.2, 0.25) is 5.91 Å². The molecule has 0 spiro atoms. The van der Waals surface area contributed by atoms with Crippen molar-refractivity contribution < 1.29 is 9.90 Å². The van der Waals surface area contributed by atoms with Gasteiger partial charge in [0.1, 0.15) is 5.75 Å². The highest BCUT2D eigenvalue weighted by atomic mass is 35.5. The molecule has 0 radical (unpaired) electrons. The first-order valence-electron chi connectivity index (χ1n) is 5.62. The molecular weight excluding hydrogens is 240 g/mol. The number of halogens is 1. The summed E-state index contributed by atoms with van der Waals surface area (Å²) < 4.78 is 0. The molecule has 0 bridgehead atoms. The van der Waals surface area contributed by atoms with Crippen LogP contribution in [0.5, 0.6) is 5.75 Å². The lowest BCUT2D eigenvalue weighted by molar-refractivity contribution is -0.120. The van der Waals surface area contributed by atoms with E-state index < -0.39 is 0 Å². The number of carbonyl (C=O) groups is 1. The van der Waals surface area contributed by atoms with Crippen LogP contribution in [-0.4, -0.2) is 23.6 Å². The summed E-state index contributed by atoms with van der Waals surface area (Å²) >= 11 is 5.78. The molecule has 3 N–H and O–H groups in total. The van der Waals surface area contributed by atoms with E-state index in [-0.39, 0.29) is 11.7 Å². The first kappa shape index (κ1) is 12.2. The van der Waals surface area contributed by atoms with Gasteiger partial charge in [0, 0.05) is 12.6 Å². The summed E-state index contributed by atoms with van der Waals surface area (Å²) in [5, 5.41) is 15.5. The van der Waals surface area contributed by atoms with Gasteiger partial charge in [0.05, 0.1) is 11.6 Å². The van der Waals surface area contributed by atoms with Crippen LogP contribution >= 0.6 is 11.6 Å². The molecule has 0 heterocycles. The number of hydrogen-bond donors (Lipinski definition) is 3. The van der Waals surface area contributed by atoms with E-state index >= 15 is 0 Å². The molecule has 0 aliphatic heterocycles. The highest BCUT2D eigenvalue weighted by Crippen LogP contribution is 2.23. The third-order valence-electron chi connectivity index (χ3n) is 2.57. The van der Waals surface area contributed by atoms with Crippen molar-refractivity contribution in [2.45, 2.75) is 25.4 Å². The molecule has 0 saturated heterocycles. The van der Waals surface area contributed by atoms with Crippen molar-refractivity contribution in [3.63, 3.8) is 0 Å². The van der Waals surface area contributed by atoms with Crippen molar-refractivity contribution in [1.29, 1.82) is 0 Å². The Hall–Kier alpha value is -1.26. The van der Waals surface area contributed by atoms with Crippen LogP contribution in [0.4, 0.5) is 0 Å². The fourth-order valence-electron chi connectivity index (χ4n) is 1.49. The molecule has 1 fully saturated rings. The minimum atomic E-state index is 0.0253. The van der Waals surface area contributed by atoms with E-state index in [1.54, 1.807) is 18.2 Å². The normalized spacial score (nSPS) is 14.6. The average Bonchev–Trinajstić information content (AvgIpc) is 3.07. The van der Waals surface area contributed by atoms with E-state index in [2.05, 4.69) is 10.6 Å². The second-order valence-corrected chi connectivity index (χ2v) is 4.64. The van der Waals surface area contributed by atoms with Crippen LogP contribution in [0.1, 0.15) is 18.4 Å². The lowest BCUT2D eigenvalue weighted by atomic mass is 10.2. The zero-order valence-corrected chi connectivity index (χ0v) is 10.1. The molecule has 5 heteroatoms. The highest BCUT2D eigenvalue weighted by Gasteiger charge is 2.22. The van der Waals surface area contributed by atoms with Crippen LogP contribution in [0.15, 0.2) is 18.2 Å². The molecule has 1 saturated carbocycles. The van der Waals surface area contributed by atoms with Gasteiger partial charge >= 0.3 is 0 Å². The van der Waals surface area contributed by atoms with Crippen LogP contribution in [0.2, 0.25) is 5.02 Å². The fraction of sp³-hybridized carbons (Fsp3) is 0.417. The van der Waals surface area contributed by atoms with E-state index in [9.17, 15) is 9.90 Å². The largest absolute Gasteiger partial charge is 0.506 e. The third kappa shape index (κ3) is 3.91. The maximum atomic E-state index is 11.4. The lowest BCUT2D eigenvalue weighted by Gasteiger charge is -2.06. The van der Waals surface area contributed by atoms with Gasteiger partial charge in [-0.2, -0.15) is 0 Å². The molecule has 17 heavy (non-hydrogen) atoms. The summed E-state index contributed by atoms with van der Waals surface area (Å²) in [6.45, 7) is 0.854. The molecular formula is C12H15ClN2O2. The molecule has 2 rings (SSSR count). The summed E-state index contributed by atoms with van der Waals surface area (Å²) in [6.07, 6.45) is 2.19. The minimum Gasteiger partial charge on any atom is -0.506 e. The van der Waals surface area contributed by atoms with Crippen LogP contribution in [0.25, 0.3) is 0 Å². The number of carbonyl (C=O) groups excluding carboxylic acids is 1. The first-order valence-corrected chi connectivity index (χ1v) is 6.00. The molecule has 0 aromatic heterocycles. The Labute approximate surface area is 105 Å². The zero-order chi connectivity index (χ0) is 12.3. The van der Waals surface area contributed by atoms with Gasteiger partial charge in [-0.1, -0.05) is 17.7 Å². The summed E-state index contributed by atoms with van der Waals surface area (Å²) in [6, 6.07) is 5.40. The first-order chi connectivity index (χ1) is 8.15. The number of rotatable bonds is 5. The molecule has 0 unspecified atom stereocenters. The van der Waals surface area contributed by atoms with Gasteiger partial charge in [-0.05, 0) is 30.5 Å². The zero-order valence-electron chi connectivity index (χ0n) is 9.37. The summed E-state index contributed by atoms with van der Waals surface area (Å²) in [7, 11) is 0. The molecule has 4 nitrogen and oxygen atoms in total. The Kier molecular flexibility index (Phi) is 3.86. The maximum absolute atomic E-state index is 11.4. The topological polar surface area (TPSA) is 61.4 Å². The molecule has 1 amide bonds. The summed E-state index contributed by atoms with van der Waals surface area (Å²) in [5.74, 6) is 0.0965. The summed E-state index contributed by atoms with van der Waals surface area (Å²) in [4.78, 5) is 11.4. The van der Waals surface area contributed by atoms with Crippen LogP contribution < -0.4 is 10.6 Å². The number of amides is 1. The highest BCUT2D eigenvalue weighted by molar-refractivity contribution is 6.32. The predicted octanol–water partition coefficient (Wildman–Crippen LogP) is 1.41. The molecule has 1 aromatic rings. The lowest BCUT2D eigenvalue weighted by Crippen LogP contribution is -2.34. The number of nitrogens with one attached hydrogen (secondary N) is 2. The minimum absolute atomic E-state index is 0.0253. The van der Waals surface area contributed by atoms with Gasteiger partial charge in [0.15, 0.2) is 0 Å². The number of benzene rings is 1. The Morgan fingerprint density at radius 2 is 2.24 bits per heavy atom. The second kappa shape index (κ2) is 5.38.